The van der Waals surface area contributed by atoms with Gasteiger partial charge in [0.2, 0.25) is 0 Å². The van der Waals surface area contributed by atoms with E-state index in [1.54, 1.807) is 0 Å². The quantitative estimate of drug-likeness (QED) is 0.794. The summed E-state index contributed by atoms with van der Waals surface area (Å²) in [4.78, 5) is 2.73. The molecule has 0 bridgehead atoms. The van der Waals surface area contributed by atoms with Gasteiger partial charge in [0.25, 0.3) is 0 Å². The van der Waals surface area contributed by atoms with Crippen molar-refractivity contribution in [1.82, 2.24) is 10.2 Å². The molecule has 2 heteroatoms. The van der Waals surface area contributed by atoms with Crippen molar-refractivity contribution >= 4 is 0 Å². The van der Waals surface area contributed by atoms with Gasteiger partial charge in [0, 0.05) is 31.7 Å². The molecule has 2 unspecified atom stereocenters. The van der Waals surface area contributed by atoms with Crippen LogP contribution in [0.1, 0.15) is 54.4 Å². The molecule has 0 aromatic carbocycles. The zero-order chi connectivity index (χ0) is 13.1. The highest BCUT2D eigenvalue weighted by atomic mass is 15.2. The van der Waals surface area contributed by atoms with Crippen molar-refractivity contribution in [2.24, 2.45) is 11.3 Å². The lowest BCUT2D eigenvalue weighted by atomic mass is 9.87. The molecule has 1 fully saturated rings. The Morgan fingerprint density at radius 2 is 1.94 bits per heavy atom. The SMILES string of the molecule is CCC1CNC(C(C)C)CN1CC(C)(C)CC. The van der Waals surface area contributed by atoms with E-state index in [4.69, 9.17) is 0 Å². The number of rotatable bonds is 5. The lowest BCUT2D eigenvalue weighted by Crippen LogP contribution is -2.59. The summed E-state index contributed by atoms with van der Waals surface area (Å²) < 4.78 is 0. The smallest absolute Gasteiger partial charge is 0.0219 e. The van der Waals surface area contributed by atoms with Crippen LogP contribution < -0.4 is 5.32 Å². The second kappa shape index (κ2) is 6.19. The van der Waals surface area contributed by atoms with Crippen molar-refractivity contribution in [2.75, 3.05) is 19.6 Å². The minimum absolute atomic E-state index is 0.451. The monoisotopic (exact) mass is 240 g/mol. The highest BCUT2D eigenvalue weighted by Gasteiger charge is 2.31. The Kier molecular flexibility index (Phi) is 5.46. The van der Waals surface area contributed by atoms with Crippen molar-refractivity contribution in [3.05, 3.63) is 0 Å². The molecule has 0 aromatic rings. The Morgan fingerprint density at radius 3 is 2.41 bits per heavy atom. The summed E-state index contributed by atoms with van der Waals surface area (Å²) in [7, 11) is 0. The molecule has 0 amide bonds. The molecule has 1 N–H and O–H groups in total. The van der Waals surface area contributed by atoms with Gasteiger partial charge >= 0.3 is 0 Å². The van der Waals surface area contributed by atoms with Crippen LogP contribution in [0.3, 0.4) is 0 Å². The standard InChI is InChI=1S/C15H32N2/c1-7-13-9-16-14(12(3)4)10-17(13)11-15(5,6)8-2/h12-14,16H,7-11H2,1-6H3. The Hall–Kier alpha value is -0.0800. The topological polar surface area (TPSA) is 15.3 Å². The van der Waals surface area contributed by atoms with Crippen LogP contribution in [0.15, 0.2) is 0 Å². The van der Waals surface area contributed by atoms with Gasteiger partial charge in [0.15, 0.2) is 0 Å². The fraction of sp³-hybridized carbons (Fsp3) is 1.00. The summed E-state index contributed by atoms with van der Waals surface area (Å²) in [6.07, 6.45) is 2.53. The number of nitrogens with zero attached hydrogens (tertiary/aromatic N) is 1. The predicted molar refractivity (Wildman–Crippen MR) is 76.4 cm³/mol. The average Bonchev–Trinajstić information content (AvgIpc) is 2.28. The molecule has 1 rings (SSSR count). The van der Waals surface area contributed by atoms with Gasteiger partial charge < -0.3 is 5.32 Å². The molecule has 1 heterocycles. The summed E-state index contributed by atoms with van der Waals surface area (Å²) >= 11 is 0. The third-order valence-corrected chi connectivity index (χ3v) is 4.43. The molecule has 0 spiro atoms. The Balaban J connectivity index is 2.63. The van der Waals surface area contributed by atoms with E-state index in [-0.39, 0.29) is 0 Å². The van der Waals surface area contributed by atoms with Gasteiger partial charge in [-0.05, 0) is 24.2 Å². The normalized spacial score (nSPS) is 27.7. The van der Waals surface area contributed by atoms with Crippen molar-refractivity contribution in [1.29, 1.82) is 0 Å². The van der Waals surface area contributed by atoms with E-state index in [1.807, 2.05) is 0 Å². The summed E-state index contributed by atoms with van der Waals surface area (Å²) in [6.45, 7) is 17.7. The molecule has 102 valence electrons. The van der Waals surface area contributed by atoms with Crippen LogP contribution in [0.4, 0.5) is 0 Å². The molecule has 0 radical (unpaired) electrons. The molecule has 1 aliphatic rings. The first-order valence-corrected chi connectivity index (χ1v) is 7.37. The molecular weight excluding hydrogens is 208 g/mol. The van der Waals surface area contributed by atoms with Crippen molar-refractivity contribution in [3.8, 4) is 0 Å². The lowest BCUT2D eigenvalue weighted by Gasteiger charge is -2.44. The summed E-state index contributed by atoms with van der Waals surface area (Å²) in [5.74, 6) is 0.736. The summed E-state index contributed by atoms with van der Waals surface area (Å²) in [6, 6.07) is 1.40. The maximum absolute atomic E-state index is 3.71. The van der Waals surface area contributed by atoms with Crippen LogP contribution in [-0.2, 0) is 0 Å². The fourth-order valence-corrected chi connectivity index (χ4v) is 2.59. The van der Waals surface area contributed by atoms with Crippen LogP contribution >= 0.6 is 0 Å². The molecule has 1 aliphatic heterocycles. The van der Waals surface area contributed by atoms with E-state index in [0.29, 0.717) is 11.5 Å². The summed E-state index contributed by atoms with van der Waals surface area (Å²) in [5.41, 5.74) is 0.451. The van der Waals surface area contributed by atoms with E-state index < -0.39 is 0 Å². The maximum atomic E-state index is 3.71. The second-order valence-electron chi connectivity index (χ2n) is 6.77. The molecule has 0 aromatic heterocycles. The van der Waals surface area contributed by atoms with E-state index >= 15 is 0 Å². The van der Waals surface area contributed by atoms with Crippen LogP contribution in [0, 0.1) is 11.3 Å². The fourth-order valence-electron chi connectivity index (χ4n) is 2.59. The number of nitrogens with one attached hydrogen (secondary N) is 1. The zero-order valence-corrected chi connectivity index (χ0v) is 12.7. The number of hydrogen-bond acceptors (Lipinski definition) is 2. The minimum Gasteiger partial charge on any atom is -0.311 e. The first-order chi connectivity index (χ1) is 7.89. The molecular formula is C15H32N2. The van der Waals surface area contributed by atoms with Gasteiger partial charge in [0.05, 0.1) is 0 Å². The van der Waals surface area contributed by atoms with Crippen LogP contribution in [0.5, 0.6) is 0 Å². The van der Waals surface area contributed by atoms with Crippen molar-refractivity contribution < 1.29 is 0 Å². The van der Waals surface area contributed by atoms with Crippen LogP contribution in [0.25, 0.3) is 0 Å². The van der Waals surface area contributed by atoms with Gasteiger partial charge in [-0.15, -0.1) is 0 Å². The van der Waals surface area contributed by atoms with Gasteiger partial charge in [-0.1, -0.05) is 41.5 Å². The molecule has 2 atom stereocenters. The first-order valence-electron chi connectivity index (χ1n) is 7.37. The van der Waals surface area contributed by atoms with Crippen molar-refractivity contribution in [3.63, 3.8) is 0 Å². The van der Waals surface area contributed by atoms with E-state index in [0.717, 1.165) is 12.0 Å². The van der Waals surface area contributed by atoms with Gasteiger partial charge in [0.1, 0.15) is 0 Å². The Bertz CT molecular complexity index is 223. The highest BCUT2D eigenvalue weighted by molar-refractivity contribution is 4.89. The summed E-state index contributed by atoms with van der Waals surface area (Å²) in [5, 5.41) is 3.71. The Labute approximate surface area is 108 Å². The molecule has 0 aliphatic carbocycles. The molecule has 1 saturated heterocycles. The van der Waals surface area contributed by atoms with Gasteiger partial charge in [-0.2, -0.15) is 0 Å². The maximum Gasteiger partial charge on any atom is 0.0219 e. The Morgan fingerprint density at radius 1 is 1.29 bits per heavy atom. The van der Waals surface area contributed by atoms with Crippen molar-refractivity contribution in [2.45, 2.75) is 66.5 Å². The van der Waals surface area contributed by atoms with E-state index in [9.17, 15) is 0 Å². The van der Waals surface area contributed by atoms with E-state index in [2.05, 4.69) is 51.8 Å². The van der Waals surface area contributed by atoms with E-state index in [1.165, 1.54) is 32.5 Å². The van der Waals surface area contributed by atoms with Gasteiger partial charge in [-0.25, -0.2) is 0 Å². The zero-order valence-electron chi connectivity index (χ0n) is 12.7. The van der Waals surface area contributed by atoms with Crippen LogP contribution in [0.2, 0.25) is 0 Å². The average molecular weight is 240 g/mol. The molecule has 0 saturated carbocycles. The number of piperazine rings is 1. The number of hydrogen-bond donors (Lipinski definition) is 1. The third kappa shape index (κ3) is 4.26. The predicted octanol–water partition coefficient (Wildman–Crippen LogP) is 3.13. The molecule has 17 heavy (non-hydrogen) atoms. The minimum atomic E-state index is 0.451. The third-order valence-electron chi connectivity index (χ3n) is 4.43. The lowest BCUT2D eigenvalue weighted by molar-refractivity contribution is 0.0694. The highest BCUT2D eigenvalue weighted by Crippen LogP contribution is 2.25. The van der Waals surface area contributed by atoms with Crippen LogP contribution in [-0.4, -0.2) is 36.6 Å². The second-order valence-corrected chi connectivity index (χ2v) is 6.77. The van der Waals surface area contributed by atoms with Gasteiger partial charge in [-0.3, -0.25) is 4.90 Å². The first kappa shape index (κ1) is 15.0. The largest absolute Gasteiger partial charge is 0.311 e. The molecule has 2 nitrogen and oxygen atoms in total.